The third-order valence-electron chi connectivity index (χ3n) is 22.3. The van der Waals surface area contributed by atoms with Crippen LogP contribution in [0.15, 0.2) is 169 Å². The number of aliphatic hydroxyl groups excluding tert-OH is 1. The van der Waals surface area contributed by atoms with E-state index in [9.17, 15) is 33.9 Å². The second kappa shape index (κ2) is 31.8. The van der Waals surface area contributed by atoms with Gasteiger partial charge in [0, 0.05) is 94.6 Å². The number of amides is 7. The monoisotopic (exact) mass is 1480 g/mol. The van der Waals surface area contributed by atoms with Gasteiger partial charge in [0.25, 0.3) is 11.8 Å². The summed E-state index contributed by atoms with van der Waals surface area (Å²) < 4.78 is 25.4. The van der Waals surface area contributed by atoms with Crippen LogP contribution in [0.1, 0.15) is 150 Å². The van der Waals surface area contributed by atoms with Crippen LogP contribution in [0.4, 0.5) is 5.69 Å². The molecule has 0 spiro atoms. The first-order valence-corrected chi connectivity index (χ1v) is 38.9. The van der Waals surface area contributed by atoms with E-state index in [2.05, 4.69) is 57.3 Å². The molecular weight excluding hydrogens is 1380 g/mol. The van der Waals surface area contributed by atoms with Crippen LogP contribution in [0.5, 0.6) is 23.0 Å². The molecule has 4 saturated heterocycles. The van der Waals surface area contributed by atoms with Crippen LogP contribution >= 0.6 is 11.3 Å². The van der Waals surface area contributed by atoms with E-state index in [0.717, 1.165) is 64.6 Å². The van der Waals surface area contributed by atoms with E-state index < -0.39 is 72.2 Å². The molecule has 0 radical (unpaired) electrons. The highest BCUT2D eigenvalue weighted by Crippen LogP contribution is 2.42. The van der Waals surface area contributed by atoms with Crippen LogP contribution in [0, 0.1) is 18.8 Å². The summed E-state index contributed by atoms with van der Waals surface area (Å²) in [7, 11) is 0. The van der Waals surface area contributed by atoms with E-state index in [-0.39, 0.29) is 81.7 Å². The number of aryl methyl sites for hydroxylation is 1. The Kier molecular flexibility index (Phi) is 21.5. The molecule has 7 amide bonds. The van der Waals surface area contributed by atoms with Gasteiger partial charge in [-0.2, -0.15) is 0 Å². The minimum absolute atomic E-state index is 0.0141. The molecule has 8 aromatic rings. The molecule has 15 rings (SSSR count). The molecule has 6 aliphatic heterocycles. The molecule has 0 unspecified atom stereocenters. The number of aliphatic hydroxyl groups is 1. The highest BCUT2D eigenvalue weighted by Gasteiger charge is 2.49. The molecule has 560 valence electrons. The number of para-hydroxylation sites is 1. The number of carbonyl (C=O) groups excluding carboxylic acids is 7. The van der Waals surface area contributed by atoms with Gasteiger partial charge < -0.3 is 64.5 Å². The third kappa shape index (κ3) is 15.9. The molecule has 22 heteroatoms. The molecule has 0 bridgehead atoms. The number of aromatic nitrogens is 1. The zero-order valence-corrected chi connectivity index (χ0v) is 62.5. The van der Waals surface area contributed by atoms with Gasteiger partial charge in [-0.1, -0.05) is 131 Å². The summed E-state index contributed by atoms with van der Waals surface area (Å²) in [4.78, 5) is 117. The summed E-state index contributed by atoms with van der Waals surface area (Å²) in [5.41, 5.74) is 12.0. The summed E-state index contributed by atoms with van der Waals surface area (Å²) in [5, 5.41) is 20.3. The van der Waals surface area contributed by atoms with Gasteiger partial charge in [-0.05, 0) is 155 Å². The maximum Gasteiger partial charge on any atom is 0.255 e. The van der Waals surface area contributed by atoms with E-state index in [1.54, 1.807) is 51.5 Å². The second-order valence-electron chi connectivity index (χ2n) is 30.6. The van der Waals surface area contributed by atoms with E-state index >= 15 is 4.79 Å². The number of nitrogens with one attached hydrogen (secondary N) is 3. The molecule has 21 nitrogen and oxygen atoms in total. The molecular formula is C86H93N9O12S. The minimum atomic E-state index is -1.01. The van der Waals surface area contributed by atoms with E-state index in [1.807, 2.05) is 142 Å². The third-order valence-corrected chi connectivity index (χ3v) is 23.3. The van der Waals surface area contributed by atoms with Crippen LogP contribution in [0.25, 0.3) is 10.4 Å². The van der Waals surface area contributed by atoms with Crippen LogP contribution < -0.4 is 35.1 Å². The Morgan fingerprint density at radius 1 is 0.537 bits per heavy atom. The number of anilines is 1. The lowest BCUT2D eigenvalue weighted by Crippen LogP contribution is -2.55. The fraction of sp³-hybridized carbons (Fsp3) is 0.395. The lowest BCUT2D eigenvalue weighted by atomic mass is 9.91. The first kappa shape index (κ1) is 73.1. The molecule has 7 aromatic carbocycles. The SMILES string of the molecule is Cc1ncsc1-c1ccc(CNC(=O)[C@@H]2C[C@@H](Oc3ccc4c(c3)CN([C@H](C(=O)N3C[C@H](Oc5ccc6c(c5)C(=O)N([C@H](C(=O)N5C[C@H](O)C[C@H]5C(=O)NCc5ccc(C7CC7)cc5)C(C)C)C6)C[C@H]3C(=O)NCc3ccc(C5CCOCC5)cc3)C(C)C)C4=O)CN2c2cccc(Oc3ccccc3)c2)cc1. The van der Waals surface area contributed by atoms with Crippen molar-refractivity contribution in [3.63, 3.8) is 0 Å². The smallest absolute Gasteiger partial charge is 0.255 e. The van der Waals surface area contributed by atoms with Gasteiger partial charge in [0.05, 0.1) is 35.3 Å². The van der Waals surface area contributed by atoms with Crippen LogP contribution in [-0.4, -0.2) is 152 Å². The first-order valence-electron chi connectivity index (χ1n) is 38.0. The van der Waals surface area contributed by atoms with E-state index in [1.165, 1.54) is 33.8 Å². The summed E-state index contributed by atoms with van der Waals surface area (Å²) >= 11 is 1.59. The lowest BCUT2D eigenvalue weighted by Gasteiger charge is -2.35. The number of thiazole rings is 1. The first-order chi connectivity index (χ1) is 52.3. The van der Waals surface area contributed by atoms with Crippen molar-refractivity contribution in [2.75, 3.05) is 37.7 Å². The summed E-state index contributed by atoms with van der Waals surface area (Å²) in [6.45, 7) is 12.2. The highest BCUT2D eigenvalue weighted by molar-refractivity contribution is 7.13. The largest absolute Gasteiger partial charge is 0.488 e. The number of likely N-dealkylation sites (tertiary alicyclic amines) is 2. The molecule has 1 aliphatic carbocycles. The van der Waals surface area contributed by atoms with Crippen LogP contribution in [0.2, 0.25) is 0 Å². The predicted octanol–water partition coefficient (Wildman–Crippen LogP) is 11.6. The van der Waals surface area contributed by atoms with Gasteiger partial charge in [-0.25, -0.2) is 4.98 Å². The Labute approximate surface area is 633 Å². The molecule has 4 N–H and O–H groups in total. The Morgan fingerprint density at radius 2 is 1.06 bits per heavy atom. The average Bonchev–Trinajstić information content (AvgIpc) is 1.62. The Balaban J connectivity index is 0.633. The van der Waals surface area contributed by atoms with Crippen molar-refractivity contribution in [1.29, 1.82) is 0 Å². The number of rotatable bonds is 25. The number of fused-ring (bicyclic) bond motifs is 2. The lowest BCUT2D eigenvalue weighted by molar-refractivity contribution is -0.143. The molecule has 5 fully saturated rings. The van der Waals surface area contributed by atoms with Crippen molar-refractivity contribution in [1.82, 2.24) is 40.5 Å². The van der Waals surface area contributed by atoms with Crippen molar-refractivity contribution in [3.05, 3.63) is 225 Å². The zero-order chi connectivity index (χ0) is 74.9. The maximum atomic E-state index is 15.7. The van der Waals surface area contributed by atoms with Gasteiger partial charge in [-0.15, -0.1) is 11.3 Å². The summed E-state index contributed by atoms with van der Waals surface area (Å²) in [5.74, 6) is -0.147. The molecule has 108 heavy (non-hydrogen) atoms. The van der Waals surface area contributed by atoms with E-state index in [0.29, 0.717) is 76.6 Å². The van der Waals surface area contributed by atoms with Gasteiger partial charge in [0.2, 0.25) is 29.5 Å². The van der Waals surface area contributed by atoms with Crippen molar-refractivity contribution >= 4 is 58.4 Å². The average molecular weight is 1480 g/mol. The Morgan fingerprint density at radius 3 is 1.67 bits per heavy atom. The normalized spacial score (nSPS) is 21.1. The zero-order valence-electron chi connectivity index (χ0n) is 61.6. The fourth-order valence-corrected chi connectivity index (χ4v) is 17.3. The number of hydrogen-bond acceptors (Lipinski definition) is 15. The van der Waals surface area contributed by atoms with Crippen molar-refractivity contribution in [2.24, 2.45) is 11.8 Å². The molecule has 1 saturated carbocycles. The number of carbonyl (C=O) groups is 7. The number of nitrogens with zero attached hydrogens (tertiary/aromatic N) is 6. The highest BCUT2D eigenvalue weighted by atomic mass is 32.1. The fourth-order valence-electron chi connectivity index (χ4n) is 16.5. The van der Waals surface area contributed by atoms with Crippen LogP contribution in [0.3, 0.4) is 0 Å². The topological polar surface area (TPSA) is 242 Å². The minimum Gasteiger partial charge on any atom is -0.488 e. The molecule has 7 aliphatic rings. The molecule has 8 atom stereocenters. The van der Waals surface area contributed by atoms with Crippen molar-refractivity contribution < 1.29 is 57.6 Å². The number of hydrogen-bond donors (Lipinski definition) is 4. The maximum absolute atomic E-state index is 15.7. The Bertz CT molecular complexity index is 4640. The Hall–Kier alpha value is -10.4. The van der Waals surface area contributed by atoms with Gasteiger partial charge in [0.1, 0.15) is 65.4 Å². The van der Waals surface area contributed by atoms with Crippen molar-refractivity contribution in [2.45, 2.75) is 173 Å². The summed E-state index contributed by atoms with van der Waals surface area (Å²) in [6.07, 6.45) is 2.66. The van der Waals surface area contributed by atoms with E-state index in [4.69, 9.17) is 18.9 Å². The standard InChI is InChI=1S/C86H93N9O12S/c1-51(2)77(85(102)92-47-65(96)38-74(92)80(97)87-42-54-14-20-57(21-15-54)59-26-27-59)94-45-62-28-29-69(39-73(62)84(94)101)107-71-41-76(82(99)89-43-55-16-22-58(23-17-55)60-32-34-104-35-33-60)93(49-71)86(103)78(52(3)4)95-46-63-36-68(30-31-72(63)83(95)100)106-70-40-75(81(98)88-44-56-18-24-61(25-19-56)79-53(5)90-50-108-79)91(48-70)64-10-9-13-67(37-64)105-66-11-7-6-8-12-66/h6-25,28-31,36-37,39,50-52,59-60,65,70-71,74-78,96H,26-27,32-35,38,40-49H2,1-5H3,(H,87,97)(H,88,98)(H,89,99)/t65-,70-,71-,74+,75+,76+,77+,78+/m1/s1. The predicted molar refractivity (Wildman–Crippen MR) is 409 cm³/mol. The summed E-state index contributed by atoms with van der Waals surface area (Å²) in [6, 6.07) is 47.8. The quantitative estimate of drug-likeness (QED) is 0.0416. The van der Waals surface area contributed by atoms with Gasteiger partial charge in [-0.3, -0.25) is 33.6 Å². The molecule has 1 aromatic heterocycles. The molecule has 7 heterocycles. The number of ether oxygens (including phenoxy) is 4. The van der Waals surface area contributed by atoms with Crippen molar-refractivity contribution in [3.8, 4) is 33.4 Å². The van der Waals surface area contributed by atoms with Gasteiger partial charge in [0.15, 0.2) is 0 Å². The van der Waals surface area contributed by atoms with Gasteiger partial charge >= 0.3 is 0 Å². The van der Waals surface area contributed by atoms with Crippen LogP contribution in [-0.2, 0) is 61.4 Å². The second-order valence-corrected chi connectivity index (χ2v) is 31.4. The number of β-amino-alcohol motifs (C(OH)–C–C–N with tert-alkyl or cyclic N) is 1. The number of benzene rings is 7.